The molecule has 2 rings (SSSR count). The number of carbonyl (C=O) groups excluding carboxylic acids is 2. The minimum atomic E-state index is -1.02. The lowest BCUT2D eigenvalue weighted by molar-refractivity contribution is -0.148. The van der Waals surface area contributed by atoms with E-state index in [4.69, 9.17) is 4.74 Å². The van der Waals surface area contributed by atoms with E-state index in [9.17, 15) is 14.0 Å². The van der Waals surface area contributed by atoms with Crippen LogP contribution in [0.2, 0.25) is 0 Å². The van der Waals surface area contributed by atoms with Crippen molar-refractivity contribution in [2.45, 2.75) is 26.9 Å². The van der Waals surface area contributed by atoms with Gasteiger partial charge in [0, 0.05) is 30.1 Å². The molecule has 0 saturated heterocycles. The average Bonchev–Trinajstić information content (AvgIpc) is 2.78. The third-order valence-corrected chi connectivity index (χ3v) is 3.71. The molecule has 1 heterocycles. The third kappa shape index (κ3) is 4.76. The van der Waals surface area contributed by atoms with Crippen molar-refractivity contribution in [1.82, 2.24) is 9.78 Å². The average molecular weight is 345 g/mol. The maximum atomic E-state index is 13.1. The highest BCUT2D eigenvalue weighted by Gasteiger charge is 2.17. The Morgan fingerprint density at radius 2 is 2.08 bits per heavy atom. The van der Waals surface area contributed by atoms with Gasteiger partial charge in [0.05, 0.1) is 5.69 Å². The van der Waals surface area contributed by atoms with E-state index >= 15 is 0 Å². The summed E-state index contributed by atoms with van der Waals surface area (Å²) in [4.78, 5) is 23.9. The predicted octanol–water partition coefficient (Wildman–Crippen LogP) is 2.76. The van der Waals surface area contributed by atoms with Crippen LogP contribution in [-0.2, 0) is 21.4 Å². The second-order valence-corrected chi connectivity index (χ2v) is 5.62. The van der Waals surface area contributed by atoms with Gasteiger partial charge in [-0.15, -0.1) is 0 Å². The van der Waals surface area contributed by atoms with Crippen LogP contribution < -0.4 is 5.32 Å². The number of nitrogens with zero attached hydrogens (tertiary/aromatic N) is 2. The molecule has 0 aliphatic rings. The zero-order valence-corrected chi connectivity index (χ0v) is 14.5. The van der Waals surface area contributed by atoms with Gasteiger partial charge < -0.3 is 10.1 Å². The Bertz CT molecular complexity index is 827. The summed E-state index contributed by atoms with van der Waals surface area (Å²) in [7, 11) is 1.82. The number of nitrogens with one attached hydrogen (secondary N) is 1. The van der Waals surface area contributed by atoms with Crippen molar-refractivity contribution in [2.75, 3.05) is 5.32 Å². The zero-order chi connectivity index (χ0) is 18.6. The minimum Gasteiger partial charge on any atom is -0.449 e. The van der Waals surface area contributed by atoms with Gasteiger partial charge in [-0.25, -0.2) is 9.18 Å². The van der Waals surface area contributed by atoms with Gasteiger partial charge in [-0.2, -0.15) is 5.10 Å². The van der Waals surface area contributed by atoms with Gasteiger partial charge in [-0.3, -0.25) is 9.48 Å². The summed E-state index contributed by atoms with van der Waals surface area (Å²) in [5.74, 6) is -1.65. The molecule has 1 aromatic heterocycles. The first-order chi connectivity index (χ1) is 11.8. The standard InChI is InChI=1S/C18H20FN3O3/c1-11-16(12(2)22(4)21-11)8-9-17(23)25-13(3)18(24)20-15-7-5-6-14(19)10-15/h5-10,13H,1-4H3,(H,20,24)/b9-8+/t13-/m0/s1. The van der Waals surface area contributed by atoms with E-state index in [0.717, 1.165) is 17.0 Å². The van der Waals surface area contributed by atoms with Crippen molar-refractivity contribution in [1.29, 1.82) is 0 Å². The number of hydrogen-bond donors (Lipinski definition) is 1. The number of benzene rings is 1. The number of hydrogen-bond acceptors (Lipinski definition) is 4. The van der Waals surface area contributed by atoms with Crippen LogP contribution >= 0.6 is 0 Å². The number of rotatable bonds is 5. The molecule has 0 aliphatic carbocycles. The zero-order valence-electron chi connectivity index (χ0n) is 14.5. The molecule has 0 fully saturated rings. The summed E-state index contributed by atoms with van der Waals surface area (Å²) in [6.07, 6.45) is 1.84. The number of halogens is 1. The Labute approximate surface area is 145 Å². The molecule has 1 amide bonds. The molecule has 6 nitrogen and oxygen atoms in total. The SMILES string of the molecule is Cc1nn(C)c(C)c1/C=C/C(=O)O[C@@H](C)C(=O)Nc1cccc(F)c1. The van der Waals surface area contributed by atoms with Gasteiger partial charge in [-0.05, 0) is 45.0 Å². The molecule has 0 aliphatic heterocycles. The van der Waals surface area contributed by atoms with Gasteiger partial charge in [0.2, 0.25) is 0 Å². The van der Waals surface area contributed by atoms with Gasteiger partial charge in [0.1, 0.15) is 5.82 Å². The molecule has 0 radical (unpaired) electrons. The number of aryl methyl sites for hydroxylation is 2. The summed E-state index contributed by atoms with van der Waals surface area (Å²) in [6, 6.07) is 5.47. The van der Waals surface area contributed by atoms with Crippen LogP contribution in [0.25, 0.3) is 6.08 Å². The van der Waals surface area contributed by atoms with Crippen molar-refractivity contribution in [3.8, 4) is 0 Å². The Morgan fingerprint density at radius 1 is 1.36 bits per heavy atom. The van der Waals surface area contributed by atoms with Gasteiger partial charge in [0.25, 0.3) is 5.91 Å². The number of carbonyl (C=O) groups is 2. The number of ether oxygens (including phenoxy) is 1. The van der Waals surface area contributed by atoms with Crippen molar-refractivity contribution in [3.63, 3.8) is 0 Å². The second-order valence-electron chi connectivity index (χ2n) is 5.62. The van der Waals surface area contributed by atoms with Crippen molar-refractivity contribution in [2.24, 2.45) is 7.05 Å². The molecule has 0 bridgehead atoms. The Hall–Kier alpha value is -2.96. The van der Waals surface area contributed by atoms with Gasteiger partial charge in [0.15, 0.2) is 6.10 Å². The summed E-state index contributed by atoms with van der Waals surface area (Å²) < 4.78 is 19.9. The van der Waals surface area contributed by atoms with Crippen LogP contribution in [0.1, 0.15) is 23.9 Å². The maximum Gasteiger partial charge on any atom is 0.331 e. The number of aromatic nitrogens is 2. The van der Waals surface area contributed by atoms with Crippen molar-refractivity contribution < 1.29 is 18.7 Å². The summed E-state index contributed by atoms with van der Waals surface area (Å²) in [5, 5.41) is 6.74. The highest BCUT2D eigenvalue weighted by atomic mass is 19.1. The van der Waals surface area contributed by atoms with Gasteiger partial charge >= 0.3 is 5.97 Å². The van der Waals surface area contributed by atoms with E-state index in [2.05, 4.69) is 10.4 Å². The van der Waals surface area contributed by atoms with Crippen LogP contribution in [0.4, 0.5) is 10.1 Å². The third-order valence-electron chi connectivity index (χ3n) is 3.71. The van der Waals surface area contributed by atoms with E-state index in [-0.39, 0.29) is 0 Å². The lowest BCUT2D eigenvalue weighted by Crippen LogP contribution is -2.29. The largest absolute Gasteiger partial charge is 0.449 e. The number of esters is 1. The van der Waals surface area contributed by atoms with E-state index in [1.54, 1.807) is 16.8 Å². The smallest absolute Gasteiger partial charge is 0.331 e. The Kier molecular flexibility index (Phi) is 5.69. The quantitative estimate of drug-likeness (QED) is 0.668. The molecule has 0 spiro atoms. The minimum absolute atomic E-state index is 0.296. The molecule has 1 atom stereocenters. The molecule has 1 N–H and O–H groups in total. The summed E-state index contributed by atoms with van der Waals surface area (Å²) >= 11 is 0. The first-order valence-corrected chi connectivity index (χ1v) is 7.73. The Morgan fingerprint density at radius 3 is 2.68 bits per heavy atom. The van der Waals surface area contributed by atoms with Gasteiger partial charge in [-0.1, -0.05) is 6.07 Å². The highest BCUT2D eigenvalue weighted by molar-refractivity contribution is 5.96. The van der Waals surface area contributed by atoms with Crippen LogP contribution in [-0.4, -0.2) is 27.8 Å². The van der Waals surface area contributed by atoms with Crippen LogP contribution in [0.3, 0.4) is 0 Å². The van der Waals surface area contributed by atoms with E-state index in [1.807, 2.05) is 20.9 Å². The lowest BCUT2D eigenvalue weighted by atomic mass is 10.2. The molecule has 25 heavy (non-hydrogen) atoms. The van der Waals surface area contributed by atoms with E-state index in [1.165, 1.54) is 31.2 Å². The Balaban J connectivity index is 1.95. The first-order valence-electron chi connectivity index (χ1n) is 7.73. The van der Waals surface area contributed by atoms with Crippen LogP contribution in [0.15, 0.2) is 30.3 Å². The van der Waals surface area contributed by atoms with E-state index < -0.39 is 23.8 Å². The lowest BCUT2D eigenvalue weighted by Gasteiger charge is -2.12. The second kappa shape index (κ2) is 7.74. The monoisotopic (exact) mass is 345 g/mol. The number of amides is 1. The highest BCUT2D eigenvalue weighted by Crippen LogP contribution is 2.14. The molecular weight excluding hydrogens is 325 g/mol. The fraction of sp³-hybridized carbons (Fsp3) is 0.278. The van der Waals surface area contributed by atoms with E-state index in [0.29, 0.717) is 5.69 Å². The molecular formula is C18H20FN3O3. The fourth-order valence-corrected chi connectivity index (χ4v) is 2.26. The van der Waals surface area contributed by atoms with Crippen molar-refractivity contribution >= 4 is 23.6 Å². The molecule has 1 aromatic carbocycles. The topological polar surface area (TPSA) is 73.2 Å². The fourth-order valence-electron chi connectivity index (χ4n) is 2.26. The molecule has 0 saturated carbocycles. The summed E-state index contributed by atoms with van der Waals surface area (Å²) in [6.45, 7) is 5.17. The summed E-state index contributed by atoms with van der Waals surface area (Å²) in [5.41, 5.74) is 2.83. The molecule has 132 valence electrons. The molecule has 2 aromatic rings. The first kappa shape index (κ1) is 18.4. The van der Waals surface area contributed by atoms with Crippen LogP contribution in [0, 0.1) is 19.7 Å². The normalized spacial score (nSPS) is 12.2. The number of anilines is 1. The van der Waals surface area contributed by atoms with Crippen molar-refractivity contribution in [3.05, 3.63) is 53.1 Å². The maximum absolute atomic E-state index is 13.1. The molecule has 0 unspecified atom stereocenters. The molecule has 7 heteroatoms. The predicted molar refractivity (Wildman–Crippen MR) is 92.3 cm³/mol. The van der Waals surface area contributed by atoms with Crippen LogP contribution in [0.5, 0.6) is 0 Å².